The van der Waals surface area contributed by atoms with Gasteiger partial charge < -0.3 is 0 Å². The Balaban J connectivity index is 1.73. The number of nitro benzene ring substituents is 1. The molecule has 1 aliphatic rings. The standard InChI is InChI=1S/C17H16ClNO2/c18-17(10-12-4-8-16(9-5-12)19(20)21)15-7-6-13-2-1-3-14(13)11-15/h4-9,11,17H,1-3,10H2. The van der Waals surface area contributed by atoms with E-state index in [9.17, 15) is 10.1 Å². The summed E-state index contributed by atoms with van der Waals surface area (Å²) in [5.41, 5.74) is 5.12. The monoisotopic (exact) mass is 301 g/mol. The highest BCUT2D eigenvalue weighted by Crippen LogP contribution is 2.30. The molecule has 3 nitrogen and oxygen atoms in total. The Bertz CT molecular complexity index is 667. The number of non-ortho nitro benzene ring substituents is 1. The lowest BCUT2D eigenvalue weighted by molar-refractivity contribution is -0.384. The predicted molar refractivity (Wildman–Crippen MR) is 83.9 cm³/mol. The molecule has 0 saturated carbocycles. The predicted octanol–water partition coefficient (Wildman–Crippen LogP) is 4.61. The largest absolute Gasteiger partial charge is 0.269 e. The van der Waals surface area contributed by atoms with Gasteiger partial charge in [0.25, 0.3) is 5.69 Å². The molecule has 0 spiro atoms. The summed E-state index contributed by atoms with van der Waals surface area (Å²) in [6.07, 6.45) is 4.22. The van der Waals surface area contributed by atoms with Crippen LogP contribution in [0.4, 0.5) is 5.69 Å². The molecule has 0 aliphatic heterocycles. The van der Waals surface area contributed by atoms with Crippen LogP contribution in [0.5, 0.6) is 0 Å². The second-order valence-corrected chi connectivity index (χ2v) is 6.00. The van der Waals surface area contributed by atoms with Crippen LogP contribution < -0.4 is 0 Å². The first-order valence-electron chi connectivity index (χ1n) is 7.12. The molecular weight excluding hydrogens is 286 g/mol. The summed E-state index contributed by atoms with van der Waals surface area (Å²) < 4.78 is 0. The first-order chi connectivity index (χ1) is 10.1. The molecule has 2 aromatic rings. The molecule has 1 atom stereocenters. The lowest BCUT2D eigenvalue weighted by Crippen LogP contribution is -1.98. The molecule has 3 rings (SSSR count). The van der Waals surface area contributed by atoms with Crippen LogP contribution in [0, 0.1) is 10.1 Å². The Kier molecular flexibility index (Phi) is 3.93. The number of alkyl halides is 1. The van der Waals surface area contributed by atoms with Gasteiger partial charge in [0.1, 0.15) is 0 Å². The minimum absolute atomic E-state index is 0.0997. The van der Waals surface area contributed by atoms with E-state index in [0.29, 0.717) is 6.42 Å². The quantitative estimate of drug-likeness (QED) is 0.470. The highest BCUT2D eigenvalue weighted by atomic mass is 35.5. The number of nitro groups is 1. The second kappa shape index (κ2) is 5.86. The summed E-state index contributed by atoms with van der Waals surface area (Å²) in [7, 11) is 0. The molecule has 0 heterocycles. The van der Waals surface area contributed by atoms with Gasteiger partial charge in [0.15, 0.2) is 0 Å². The third kappa shape index (κ3) is 3.08. The summed E-state index contributed by atoms with van der Waals surface area (Å²) in [5.74, 6) is 0. The number of aryl methyl sites for hydroxylation is 2. The van der Waals surface area contributed by atoms with Gasteiger partial charge in [-0.2, -0.15) is 0 Å². The molecule has 0 saturated heterocycles. The first kappa shape index (κ1) is 14.1. The maximum absolute atomic E-state index is 10.6. The van der Waals surface area contributed by atoms with E-state index in [2.05, 4.69) is 18.2 Å². The molecule has 108 valence electrons. The Morgan fingerprint density at radius 1 is 1.10 bits per heavy atom. The molecule has 0 bridgehead atoms. The van der Waals surface area contributed by atoms with E-state index in [1.54, 1.807) is 12.1 Å². The Hall–Kier alpha value is -1.87. The fraction of sp³-hybridized carbons (Fsp3) is 0.294. The molecule has 2 aromatic carbocycles. The zero-order valence-corrected chi connectivity index (χ0v) is 12.3. The number of halogens is 1. The van der Waals surface area contributed by atoms with Crippen molar-refractivity contribution in [3.63, 3.8) is 0 Å². The van der Waals surface area contributed by atoms with Gasteiger partial charge >= 0.3 is 0 Å². The molecule has 0 N–H and O–H groups in total. The molecule has 21 heavy (non-hydrogen) atoms. The van der Waals surface area contributed by atoms with Crippen LogP contribution in [-0.2, 0) is 19.3 Å². The van der Waals surface area contributed by atoms with E-state index in [1.165, 1.54) is 36.1 Å². The summed E-state index contributed by atoms with van der Waals surface area (Å²) in [5, 5.41) is 10.5. The van der Waals surface area contributed by atoms with Crippen molar-refractivity contribution in [1.82, 2.24) is 0 Å². The Labute approximate surface area is 128 Å². The van der Waals surface area contributed by atoms with Crippen molar-refractivity contribution >= 4 is 17.3 Å². The van der Waals surface area contributed by atoms with Gasteiger partial charge in [-0.05, 0) is 47.9 Å². The highest BCUT2D eigenvalue weighted by Gasteiger charge is 2.15. The van der Waals surface area contributed by atoms with Crippen molar-refractivity contribution in [1.29, 1.82) is 0 Å². The SMILES string of the molecule is O=[N+]([O-])c1ccc(CC(Cl)c2ccc3c(c2)CCC3)cc1. The van der Waals surface area contributed by atoms with Gasteiger partial charge in [0, 0.05) is 12.1 Å². The summed E-state index contributed by atoms with van der Waals surface area (Å²) in [6.45, 7) is 0. The minimum Gasteiger partial charge on any atom is -0.258 e. The van der Waals surface area contributed by atoms with E-state index in [-0.39, 0.29) is 16.0 Å². The van der Waals surface area contributed by atoms with Crippen molar-refractivity contribution < 1.29 is 4.92 Å². The summed E-state index contributed by atoms with van der Waals surface area (Å²) >= 11 is 6.51. The van der Waals surface area contributed by atoms with Crippen LogP contribution in [0.3, 0.4) is 0 Å². The third-order valence-electron chi connectivity index (χ3n) is 4.05. The number of fused-ring (bicyclic) bond motifs is 1. The van der Waals surface area contributed by atoms with Gasteiger partial charge in [-0.1, -0.05) is 30.3 Å². The van der Waals surface area contributed by atoms with Gasteiger partial charge in [-0.3, -0.25) is 10.1 Å². The summed E-state index contributed by atoms with van der Waals surface area (Å²) in [6, 6.07) is 13.1. The van der Waals surface area contributed by atoms with Crippen LogP contribution in [-0.4, -0.2) is 4.92 Å². The van der Waals surface area contributed by atoms with E-state index in [1.807, 2.05) is 0 Å². The normalized spacial score (nSPS) is 14.7. The van der Waals surface area contributed by atoms with Crippen molar-refractivity contribution in [2.75, 3.05) is 0 Å². The average Bonchev–Trinajstić information content (AvgIpc) is 2.95. The molecule has 0 amide bonds. The van der Waals surface area contributed by atoms with Crippen LogP contribution >= 0.6 is 11.6 Å². The van der Waals surface area contributed by atoms with Gasteiger partial charge in [0.05, 0.1) is 10.3 Å². The fourth-order valence-corrected chi connectivity index (χ4v) is 3.18. The molecule has 4 heteroatoms. The number of hydrogen-bond acceptors (Lipinski definition) is 2. The Morgan fingerprint density at radius 3 is 2.52 bits per heavy atom. The maximum Gasteiger partial charge on any atom is 0.269 e. The van der Waals surface area contributed by atoms with Gasteiger partial charge in [-0.15, -0.1) is 11.6 Å². The van der Waals surface area contributed by atoms with Crippen LogP contribution in [0.2, 0.25) is 0 Å². The lowest BCUT2D eigenvalue weighted by atomic mass is 10.00. The van der Waals surface area contributed by atoms with Gasteiger partial charge in [-0.25, -0.2) is 0 Å². The van der Waals surface area contributed by atoms with E-state index < -0.39 is 0 Å². The van der Waals surface area contributed by atoms with Crippen molar-refractivity contribution in [3.8, 4) is 0 Å². The van der Waals surface area contributed by atoms with Crippen LogP contribution in [0.1, 0.15) is 34.1 Å². The van der Waals surface area contributed by atoms with Gasteiger partial charge in [0.2, 0.25) is 0 Å². The van der Waals surface area contributed by atoms with Crippen molar-refractivity contribution in [3.05, 3.63) is 74.8 Å². The molecule has 1 aliphatic carbocycles. The number of nitrogens with zero attached hydrogens (tertiary/aromatic N) is 1. The minimum atomic E-state index is -0.386. The third-order valence-corrected chi connectivity index (χ3v) is 4.45. The van der Waals surface area contributed by atoms with Crippen LogP contribution in [0.25, 0.3) is 0 Å². The maximum atomic E-state index is 10.6. The molecular formula is C17H16ClNO2. The fourth-order valence-electron chi connectivity index (χ4n) is 2.87. The molecule has 0 fully saturated rings. The molecule has 1 unspecified atom stereocenters. The zero-order chi connectivity index (χ0) is 14.8. The number of benzene rings is 2. The first-order valence-corrected chi connectivity index (χ1v) is 7.56. The average molecular weight is 302 g/mol. The van der Waals surface area contributed by atoms with Crippen molar-refractivity contribution in [2.45, 2.75) is 31.1 Å². The molecule has 0 radical (unpaired) electrons. The second-order valence-electron chi connectivity index (χ2n) is 5.48. The van der Waals surface area contributed by atoms with Crippen molar-refractivity contribution in [2.24, 2.45) is 0 Å². The van der Waals surface area contributed by atoms with E-state index in [0.717, 1.165) is 17.5 Å². The van der Waals surface area contributed by atoms with E-state index >= 15 is 0 Å². The smallest absolute Gasteiger partial charge is 0.258 e. The zero-order valence-electron chi connectivity index (χ0n) is 11.6. The summed E-state index contributed by atoms with van der Waals surface area (Å²) in [4.78, 5) is 10.3. The highest BCUT2D eigenvalue weighted by molar-refractivity contribution is 6.20. The van der Waals surface area contributed by atoms with Crippen LogP contribution in [0.15, 0.2) is 42.5 Å². The Morgan fingerprint density at radius 2 is 1.81 bits per heavy atom. The topological polar surface area (TPSA) is 43.1 Å². The number of rotatable bonds is 4. The number of hydrogen-bond donors (Lipinski definition) is 0. The lowest BCUT2D eigenvalue weighted by Gasteiger charge is -2.12. The molecule has 0 aromatic heterocycles. The van der Waals surface area contributed by atoms with E-state index in [4.69, 9.17) is 11.6 Å².